The molecule has 2 aromatic heterocycles. The maximum absolute atomic E-state index is 12.8. The molecular weight excluding hydrogens is 356 g/mol. The molecule has 0 radical (unpaired) electrons. The molecular formula is C20H22N6O2. The molecule has 0 saturated carbocycles. The summed E-state index contributed by atoms with van der Waals surface area (Å²) in [4.78, 5) is 23.2. The number of para-hydroxylation sites is 1. The normalized spacial score (nSPS) is 16.7. The smallest absolute Gasteiger partial charge is 0.261 e. The molecule has 0 spiro atoms. The number of hydrogen-bond acceptors (Lipinski definition) is 6. The summed E-state index contributed by atoms with van der Waals surface area (Å²) in [5.41, 5.74) is 6.53. The summed E-state index contributed by atoms with van der Waals surface area (Å²) < 4.78 is 5.63. The second kappa shape index (κ2) is 8.08. The number of nitrogen functional groups attached to an aromatic ring is 1. The van der Waals surface area contributed by atoms with E-state index in [1.54, 1.807) is 18.3 Å². The second-order valence-corrected chi connectivity index (χ2v) is 6.71. The van der Waals surface area contributed by atoms with Crippen molar-refractivity contribution >= 4 is 11.7 Å². The molecule has 0 aliphatic carbocycles. The molecule has 8 heteroatoms. The third kappa shape index (κ3) is 3.95. The highest BCUT2D eigenvalue weighted by atomic mass is 16.5. The lowest BCUT2D eigenvalue weighted by Crippen LogP contribution is -2.41. The van der Waals surface area contributed by atoms with E-state index in [2.05, 4.69) is 20.2 Å². The molecule has 1 atom stereocenters. The Kier molecular flexibility index (Phi) is 5.18. The lowest BCUT2D eigenvalue weighted by molar-refractivity contribution is -0.137. The van der Waals surface area contributed by atoms with Crippen LogP contribution in [0, 0.1) is 0 Å². The fourth-order valence-corrected chi connectivity index (χ4v) is 3.40. The molecule has 1 amide bonds. The first-order valence-electron chi connectivity index (χ1n) is 9.32. The van der Waals surface area contributed by atoms with Gasteiger partial charge in [0.25, 0.3) is 5.91 Å². The fraction of sp³-hybridized carbons (Fsp3) is 0.300. The highest BCUT2D eigenvalue weighted by Gasteiger charge is 2.30. The summed E-state index contributed by atoms with van der Waals surface area (Å²) in [7, 11) is 0. The largest absolute Gasteiger partial charge is 0.484 e. The van der Waals surface area contributed by atoms with Gasteiger partial charge in [-0.1, -0.05) is 18.2 Å². The van der Waals surface area contributed by atoms with Crippen molar-refractivity contribution in [2.24, 2.45) is 0 Å². The van der Waals surface area contributed by atoms with Gasteiger partial charge in [-0.2, -0.15) is 5.10 Å². The number of nitrogens with one attached hydrogen (secondary N) is 1. The van der Waals surface area contributed by atoms with Crippen LogP contribution in [-0.4, -0.2) is 44.1 Å². The number of pyridine rings is 1. The molecule has 1 aromatic carbocycles. The number of rotatable bonds is 5. The van der Waals surface area contributed by atoms with Crippen molar-refractivity contribution in [3.63, 3.8) is 0 Å². The number of piperidine rings is 1. The standard InChI is InChI=1S/C20H22N6O2/c21-17-12-14(9-10-22-17)19-23-20(25-24-19)16-8-4-5-11-26(16)18(27)13-28-15-6-2-1-3-7-15/h1-3,6-7,9-10,12,16H,4-5,8,11,13H2,(H2,21,22)(H,23,24,25)/t16-/m1/s1. The molecule has 0 unspecified atom stereocenters. The number of hydrogen-bond donors (Lipinski definition) is 2. The third-order valence-electron chi connectivity index (χ3n) is 4.79. The Balaban J connectivity index is 1.48. The fourth-order valence-electron chi connectivity index (χ4n) is 3.40. The number of H-pyrrole nitrogens is 1. The number of nitrogens with two attached hydrogens (primary N) is 1. The zero-order valence-electron chi connectivity index (χ0n) is 15.4. The molecule has 4 rings (SSSR count). The third-order valence-corrected chi connectivity index (χ3v) is 4.79. The van der Waals surface area contributed by atoms with Crippen molar-refractivity contribution in [2.75, 3.05) is 18.9 Å². The SMILES string of the molecule is Nc1cc(-c2n[nH]c([C@H]3CCCCN3C(=O)COc3ccccc3)n2)ccn1. The van der Waals surface area contributed by atoms with Gasteiger partial charge in [0.2, 0.25) is 0 Å². The van der Waals surface area contributed by atoms with Crippen LogP contribution in [0.1, 0.15) is 31.1 Å². The van der Waals surface area contributed by atoms with Crippen LogP contribution in [0.2, 0.25) is 0 Å². The van der Waals surface area contributed by atoms with Crippen LogP contribution >= 0.6 is 0 Å². The van der Waals surface area contributed by atoms with Crippen LogP contribution in [0.25, 0.3) is 11.4 Å². The van der Waals surface area contributed by atoms with Crippen molar-refractivity contribution in [2.45, 2.75) is 25.3 Å². The Hall–Kier alpha value is -3.42. The Morgan fingerprint density at radius 2 is 2.11 bits per heavy atom. The van der Waals surface area contributed by atoms with E-state index in [0.717, 1.165) is 24.8 Å². The van der Waals surface area contributed by atoms with E-state index in [9.17, 15) is 4.79 Å². The van der Waals surface area contributed by atoms with E-state index in [1.807, 2.05) is 35.2 Å². The maximum Gasteiger partial charge on any atom is 0.261 e. The highest BCUT2D eigenvalue weighted by molar-refractivity contribution is 5.78. The lowest BCUT2D eigenvalue weighted by Gasteiger charge is -2.34. The molecule has 1 aliphatic rings. The van der Waals surface area contributed by atoms with Crippen LogP contribution < -0.4 is 10.5 Å². The predicted molar refractivity (Wildman–Crippen MR) is 104 cm³/mol. The van der Waals surface area contributed by atoms with Crippen LogP contribution in [0.4, 0.5) is 5.82 Å². The van der Waals surface area contributed by atoms with Gasteiger partial charge in [-0.3, -0.25) is 9.89 Å². The number of carbonyl (C=O) groups excluding carboxylic acids is 1. The van der Waals surface area contributed by atoms with E-state index in [4.69, 9.17) is 10.5 Å². The van der Waals surface area contributed by atoms with Crippen LogP contribution in [0.15, 0.2) is 48.7 Å². The van der Waals surface area contributed by atoms with E-state index in [-0.39, 0.29) is 18.6 Å². The van der Waals surface area contributed by atoms with Gasteiger partial charge < -0.3 is 15.4 Å². The monoisotopic (exact) mass is 378 g/mol. The molecule has 3 aromatic rings. The molecule has 144 valence electrons. The zero-order chi connectivity index (χ0) is 19.3. The lowest BCUT2D eigenvalue weighted by atomic mass is 10.0. The van der Waals surface area contributed by atoms with Crippen molar-refractivity contribution < 1.29 is 9.53 Å². The topological polar surface area (TPSA) is 110 Å². The van der Waals surface area contributed by atoms with E-state index in [1.165, 1.54) is 0 Å². The maximum atomic E-state index is 12.8. The van der Waals surface area contributed by atoms with Gasteiger partial charge >= 0.3 is 0 Å². The number of likely N-dealkylation sites (tertiary alicyclic amines) is 1. The number of carbonyl (C=O) groups is 1. The minimum absolute atomic E-state index is 0.00238. The van der Waals surface area contributed by atoms with Crippen molar-refractivity contribution in [3.8, 4) is 17.1 Å². The van der Waals surface area contributed by atoms with E-state index >= 15 is 0 Å². The molecule has 1 saturated heterocycles. The number of aromatic amines is 1. The van der Waals surface area contributed by atoms with Gasteiger partial charge in [-0.25, -0.2) is 9.97 Å². The van der Waals surface area contributed by atoms with Crippen molar-refractivity contribution in [3.05, 3.63) is 54.5 Å². The predicted octanol–water partition coefficient (Wildman–Crippen LogP) is 2.58. The first kappa shape index (κ1) is 18.0. The van der Waals surface area contributed by atoms with E-state index < -0.39 is 0 Å². The summed E-state index contributed by atoms with van der Waals surface area (Å²) in [5.74, 6) is 2.26. The molecule has 8 nitrogen and oxygen atoms in total. The van der Waals surface area contributed by atoms with Crippen LogP contribution in [0.3, 0.4) is 0 Å². The number of anilines is 1. The first-order valence-corrected chi connectivity index (χ1v) is 9.32. The van der Waals surface area contributed by atoms with Crippen molar-refractivity contribution in [1.82, 2.24) is 25.1 Å². The average molecular weight is 378 g/mol. The quantitative estimate of drug-likeness (QED) is 0.706. The Morgan fingerprint density at radius 3 is 2.93 bits per heavy atom. The number of amides is 1. The van der Waals surface area contributed by atoms with Gasteiger partial charge in [0.1, 0.15) is 17.4 Å². The summed E-state index contributed by atoms with van der Waals surface area (Å²) in [5, 5.41) is 7.30. The number of nitrogens with zero attached hydrogens (tertiary/aromatic N) is 4. The van der Waals surface area contributed by atoms with Crippen molar-refractivity contribution in [1.29, 1.82) is 0 Å². The molecule has 3 N–H and O–H groups in total. The van der Waals surface area contributed by atoms with Gasteiger partial charge in [-0.05, 0) is 43.5 Å². The Labute approximate surface area is 162 Å². The van der Waals surface area contributed by atoms with Crippen LogP contribution in [0.5, 0.6) is 5.75 Å². The van der Waals surface area contributed by atoms with Gasteiger partial charge in [0.15, 0.2) is 12.4 Å². The Bertz CT molecular complexity index is 943. The number of aromatic nitrogens is 4. The van der Waals surface area contributed by atoms with Gasteiger partial charge in [-0.15, -0.1) is 0 Å². The molecule has 3 heterocycles. The molecule has 1 fully saturated rings. The summed E-state index contributed by atoms with van der Waals surface area (Å²) in [6.45, 7) is 0.683. The minimum Gasteiger partial charge on any atom is -0.484 e. The number of ether oxygens (including phenoxy) is 1. The average Bonchev–Trinajstić information content (AvgIpc) is 3.23. The second-order valence-electron chi connectivity index (χ2n) is 6.71. The molecule has 0 bridgehead atoms. The highest BCUT2D eigenvalue weighted by Crippen LogP contribution is 2.30. The molecule has 28 heavy (non-hydrogen) atoms. The van der Waals surface area contributed by atoms with E-state index in [0.29, 0.717) is 29.8 Å². The summed E-state index contributed by atoms with van der Waals surface area (Å²) in [6.07, 6.45) is 4.46. The zero-order valence-corrected chi connectivity index (χ0v) is 15.4. The molecule has 1 aliphatic heterocycles. The number of benzene rings is 1. The van der Waals surface area contributed by atoms with Gasteiger partial charge in [0.05, 0.1) is 6.04 Å². The summed E-state index contributed by atoms with van der Waals surface area (Å²) >= 11 is 0. The minimum atomic E-state index is -0.138. The van der Waals surface area contributed by atoms with Crippen LogP contribution in [-0.2, 0) is 4.79 Å². The first-order chi connectivity index (χ1) is 13.7. The summed E-state index contributed by atoms with van der Waals surface area (Å²) in [6, 6.07) is 12.7. The Morgan fingerprint density at radius 1 is 1.25 bits per heavy atom. The van der Waals surface area contributed by atoms with Gasteiger partial charge in [0, 0.05) is 18.3 Å².